The molecule has 0 spiro atoms. The Morgan fingerprint density at radius 1 is 1.48 bits per heavy atom. The Bertz CT molecular complexity index is 717. The van der Waals surface area contributed by atoms with Crippen molar-refractivity contribution in [3.63, 3.8) is 0 Å². The van der Waals surface area contributed by atoms with Gasteiger partial charge in [-0.1, -0.05) is 6.42 Å². The Morgan fingerprint density at radius 3 is 2.81 bits per heavy atom. The Hall–Kier alpha value is -1.63. The summed E-state index contributed by atoms with van der Waals surface area (Å²) in [7, 11) is 1.86. The Labute approximate surface area is 131 Å². The maximum atomic E-state index is 12.6. The first-order valence-corrected chi connectivity index (χ1v) is 7.87. The predicted octanol–water partition coefficient (Wildman–Crippen LogP) is 2.59. The smallest absolute Gasteiger partial charge is 0.291 e. The summed E-state index contributed by atoms with van der Waals surface area (Å²) in [5.41, 5.74) is 2.10. The average molecular weight is 352 g/mol. The van der Waals surface area contributed by atoms with Crippen molar-refractivity contribution in [2.45, 2.75) is 32.7 Å². The van der Waals surface area contributed by atoms with Gasteiger partial charge in [0.1, 0.15) is 5.69 Å². The van der Waals surface area contributed by atoms with Gasteiger partial charge >= 0.3 is 0 Å². The van der Waals surface area contributed by atoms with Gasteiger partial charge < -0.3 is 5.32 Å². The summed E-state index contributed by atoms with van der Waals surface area (Å²) in [6.07, 6.45) is 7.17. The minimum absolute atomic E-state index is 0.0977. The summed E-state index contributed by atoms with van der Waals surface area (Å²) in [6.45, 7) is 2.61. The second-order valence-corrected chi connectivity index (χ2v) is 6.43. The van der Waals surface area contributed by atoms with E-state index in [9.17, 15) is 4.79 Å². The fraction of sp³-hybridized carbons (Fsp3) is 0.500. The average Bonchev–Trinajstić information content (AvgIpc) is 2.70. The molecule has 0 saturated heterocycles. The molecule has 0 atom stereocenters. The summed E-state index contributed by atoms with van der Waals surface area (Å²) >= 11 is 3.40. The van der Waals surface area contributed by atoms with Crippen LogP contribution in [-0.2, 0) is 13.6 Å². The number of aryl methyl sites for hydroxylation is 2. The molecule has 0 aromatic carbocycles. The van der Waals surface area contributed by atoms with Gasteiger partial charge in [0.15, 0.2) is 0 Å². The number of nitrogens with one attached hydrogen (secondary N) is 1. The molecule has 1 saturated carbocycles. The molecule has 1 aliphatic carbocycles. The highest BCUT2D eigenvalue weighted by atomic mass is 79.9. The molecule has 2 aromatic rings. The maximum Gasteiger partial charge on any atom is 0.291 e. The molecule has 6 nitrogen and oxygen atoms in total. The molecule has 1 fully saturated rings. The van der Waals surface area contributed by atoms with Crippen molar-refractivity contribution in [3.05, 3.63) is 32.9 Å². The maximum absolute atomic E-state index is 12.6. The van der Waals surface area contributed by atoms with Crippen LogP contribution in [0.25, 0.3) is 0 Å². The van der Waals surface area contributed by atoms with Crippen LogP contribution in [0.3, 0.4) is 0 Å². The number of hydrogen-bond donors (Lipinski definition) is 1. The van der Waals surface area contributed by atoms with Crippen molar-refractivity contribution in [1.29, 1.82) is 0 Å². The Morgan fingerprint density at radius 2 is 2.24 bits per heavy atom. The molecular weight excluding hydrogens is 334 g/mol. The van der Waals surface area contributed by atoms with Crippen molar-refractivity contribution in [2.75, 3.05) is 5.32 Å². The van der Waals surface area contributed by atoms with E-state index in [-0.39, 0.29) is 5.56 Å². The van der Waals surface area contributed by atoms with Gasteiger partial charge in [0.2, 0.25) is 0 Å². The fourth-order valence-corrected chi connectivity index (χ4v) is 2.85. The van der Waals surface area contributed by atoms with E-state index in [1.54, 1.807) is 15.6 Å². The first-order chi connectivity index (χ1) is 10.0. The number of aromatic nitrogens is 4. The number of nitrogens with zero attached hydrogens (tertiary/aromatic N) is 4. The van der Waals surface area contributed by atoms with E-state index in [0.29, 0.717) is 22.6 Å². The third-order valence-corrected chi connectivity index (χ3v) is 4.53. The number of hydrogen-bond acceptors (Lipinski definition) is 4. The van der Waals surface area contributed by atoms with Gasteiger partial charge in [-0.3, -0.25) is 9.48 Å². The minimum atomic E-state index is -0.0977. The van der Waals surface area contributed by atoms with E-state index in [1.165, 1.54) is 19.3 Å². The summed E-state index contributed by atoms with van der Waals surface area (Å²) in [5.74, 6) is 0.587. The zero-order valence-electron chi connectivity index (χ0n) is 12.1. The molecule has 0 unspecified atom stereocenters. The molecule has 1 aliphatic rings. The van der Waals surface area contributed by atoms with Crippen LogP contribution in [0.15, 0.2) is 21.7 Å². The zero-order valence-corrected chi connectivity index (χ0v) is 13.7. The quantitative estimate of drug-likeness (QED) is 0.919. The van der Waals surface area contributed by atoms with Crippen molar-refractivity contribution in [2.24, 2.45) is 13.0 Å². The number of anilines is 2. The summed E-state index contributed by atoms with van der Waals surface area (Å²) in [5, 5.41) is 11.7. The highest BCUT2D eigenvalue weighted by Gasteiger charge is 2.20. The van der Waals surface area contributed by atoms with Gasteiger partial charge in [-0.05, 0) is 41.6 Å². The fourth-order valence-electron chi connectivity index (χ4n) is 2.49. The zero-order chi connectivity index (χ0) is 15.0. The van der Waals surface area contributed by atoms with Crippen molar-refractivity contribution >= 4 is 27.3 Å². The summed E-state index contributed by atoms with van der Waals surface area (Å²) < 4.78 is 3.95. The summed E-state index contributed by atoms with van der Waals surface area (Å²) in [6, 6.07) is 0. The molecule has 21 heavy (non-hydrogen) atoms. The van der Waals surface area contributed by atoms with E-state index in [4.69, 9.17) is 0 Å². The van der Waals surface area contributed by atoms with Crippen LogP contribution >= 0.6 is 15.9 Å². The minimum Gasteiger partial charge on any atom is -0.347 e. The third-order valence-electron chi connectivity index (χ3n) is 3.93. The lowest BCUT2D eigenvalue weighted by atomic mass is 9.85. The van der Waals surface area contributed by atoms with Gasteiger partial charge in [0.25, 0.3) is 5.56 Å². The molecule has 2 aromatic heterocycles. The van der Waals surface area contributed by atoms with Crippen LogP contribution in [0.2, 0.25) is 0 Å². The van der Waals surface area contributed by atoms with Crippen LogP contribution < -0.4 is 10.9 Å². The molecule has 1 N–H and O–H groups in total. The van der Waals surface area contributed by atoms with Gasteiger partial charge in [-0.2, -0.15) is 10.2 Å². The van der Waals surface area contributed by atoms with Gasteiger partial charge in [-0.15, -0.1) is 0 Å². The molecule has 2 heterocycles. The van der Waals surface area contributed by atoms with Gasteiger partial charge in [0, 0.05) is 19.8 Å². The van der Waals surface area contributed by atoms with Crippen LogP contribution in [0.4, 0.5) is 11.4 Å². The molecule has 7 heteroatoms. The first kappa shape index (κ1) is 14.3. The van der Waals surface area contributed by atoms with Crippen molar-refractivity contribution < 1.29 is 0 Å². The lowest BCUT2D eigenvalue weighted by molar-refractivity contribution is 0.262. The lowest BCUT2D eigenvalue weighted by Crippen LogP contribution is -2.30. The largest absolute Gasteiger partial charge is 0.347 e. The molecule has 0 amide bonds. The van der Waals surface area contributed by atoms with Crippen molar-refractivity contribution in [3.8, 4) is 0 Å². The Balaban J connectivity index is 1.91. The molecule has 0 bridgehead atoms. The highest BCUT2D eigenvalue weighted by molar-refractivity contribution is 9.10. The first-order valence-electron chi connectivity index (χ1n) is 7.07. The van der Waals surface area contributed by atoms with Gasteiger partial charge in [-0.25, -0.2) is 4.68 Å². The van der Waals surface area contributed by atoms with Crippen LogP contribution in [0.5, 0.6) is 0 Å². The van der Waals surface area contributed by atoms with Crippen molar-refractivity contribution in [1.82, 2.24) is 19.6 Å². The van der Waals surface area contributed by atoms with E-state index in [0.717, 1.165) is 11.4 Å². The summed E-state index contributed by atoms with van der Waals surface area (Å²) in [4.78, 5) is 12.6. The Kier molecular flexibility index (Phi) is 3.84. The predicted molar refractivity (Wildman–Crippen MR) is 84.8 cm³/mol. The number of halogens is 1. The SMILES string of the molecule is Cc1nn(C)cc1Nc1c(Br)cnn(CC2CCC2)c1=O. The third kappa shape index (κ3) is 2.88. The molecular formula is C14H18BrN5O. The number of rotatable bonds is 4. The highest BCUT2D eigenvalue weighted by Crippen LogP contribution is 2.28. The van der Waals surface area contributed by atoms with E-state index in [2.05, 4.69) is 31.4 Å². The van der Waals surface area contributed by atoms with E-state index in [1.807, 2.05) is 20.2 Å². The van der Waals surface area contributed by atoms with E-state index < -0.39 is 0 Å². The molecule has 112 valence electrons. The topological polar surface area (TPSA) is 64.7 Å². The molecule has 3 rings (SSSR count). The second kappa shape index (κ2) is 5.63. The normalized spacial score (nSPS) is 15.0. The van der Waals surface area contributed by atoms with Crippen LogP contribution in [-0.4, -0.2) is 19.6 Å². The van der Waals surface area contributed by atoms with Crippen LogP contribution in [0, 0.1) is 12.8 Å². The van der Waals surface area contributed by atoms with Gasteiger partial charge in [0.05, 0.1) is 22.1 Å². The van der Waals surface area contributed by atoms with E-state index >= 15 is 0 Å². The molecule has 0 radical (unpaired) electrons. The molecule has 0 aliphatic heterocycles. The second-order valence-electron chi connectivity index (χ2n) is 5.58. The monoisotopic (exact) mass is 351 g/mol. The standard InChI is InChI=1S/C14H18BrN5O/c1-9-12(8-19(2)18-9)17-13-11(15)6-16-20(14(13)21)7-10-4-3-5-10/h6,8,10,17H,3-5,7H2,1-2H3. The van der Waals surface area contributed by atoms with Crippen LogP contribution in [0.1, 0.15) is 25.0 Å². The lowest BCUT2D eigenvalue weighted by Gasteiger charge is -2.25.